The Kier molecular flexibility index (Phi) is 5.41. The summed E-state index contributed by atoms with van der Waals surface area (Å²) in [5.74, 6) is 0.580. The maximum Gasteiger partial charge on any atom is 0.118 e. The topological polar surface area (TPSA) is 36.8 Å². The van der Waals surface area contributed by atoms with E-state index >= 15 is 0 Å². The summed E-state index contributed by atoms with van der Waals surface area (Å²) in [7, 11) is 0. The molecular weight excluding hydrogens is 306 g/mol. The molecule has 3 rings (SSSR count). The van der Waals surface area contributed by atoms with Crippen LogP contribution < -0.4 is 5.32 Å². The van der Waals surface area contributed by atoms with Crippen molar-refractivity contribution in [2.75, 3.05) is 0 Å². The average Bonchev–Trinajstić information content (AvgIpc) is 2.62. The Labute approximate surface area is 151 Å². The summed E-state index contributed by atoms with van der Waals surface area (Å²) < 4.78 is 0. The molecule has 2 nitrogen and oxygen atoms in total. The Bertz CT molecular complexity index is 682. The zero-order valence-corrected chi connectivity index (χ0v) is 15.3. The fourth-order valence-corrected chi connectivity index (χ4v) is 4.72. The van der Waals surface area contributed by atoms with Crippen LogP contribution in [0.4, 0.5) is 0 Å². The van der Waals surface area contributed by atoms with Gasteiger partial charge in [-0.3, -0.25) is 0 Å². The van der Waals surface area contributed by atoms with E-state index in [1.54, 1.807) is 0 Å². The molecule has 25 heavy (non-hydrogen) atoms. The summed E-state index contributed by atoms with van der Waals surface area (Å²) in [5.41, 5.74) is 1.85. The van der Waals surface area contributed by atoms with Crippen LogP contribution >= 0.6 is 0 Å². The van der Waals surface area contributed by atoms with E-state index in [9.17, 15) is 5.11 Å². The molecule has 1 fully saturated rings. The van der Waals surface area contributed by atoms with Crippen molar-refractivity contribution in [3.05, 3.63) is 84.4 Å². The first-order chi connectivity index (χ1) is 12.0. The van der Waals surface area contributed by atoms with Crippen LogP contribution in [0.3, 0.4) is 0 Å². The van der Waals surface area contributed by atoms with Crippen LogP contribution in [-0.4, -0.2) is 10.7 Å². The Morgan fingerprint density at radius 2 is 1.64 bits per heavy atom. The molecule has 0 amide bonds. The molecule has 2 aromatic rings. The van der Waals surface area contributed by atoms with Gasteiger partial charge in [0.15, 0.2) is 0 Å². The number of hydrogen-bond acceptors (Lipinski definition) is 1. The third-order valence-electron chi connectivity index (χ3n) is 5.65. The number of nitrogens with two attached hydrogens (primary N) is 1. The molecule has 132 valence electrons. The summed E-state index contributed by atoms with van der Waals surface area (Å²) in [4.78, 5) is 0. The third-order valence-corrected chi connectivity index (χ3v) is 5.65. The standard InChI is InChI=1S/C23H29NO/c1-4-15-23(25)16-20(18-11-7-5-8-12-18)24-22(21(23)17(2)3)19-13-9-6-10-14-19/h4-14,17,20-22,24-25H,1,15-16H2,2-3H3/p+1/t20-,21-,22-,23+/m0/s1. The van der Waals surface area contributed by atoms with Gasteiger partial charge in [-0.25, -0.2) is 0 Å². The number of piperidine rings is 1. The van der Waals surface area contributed by atoms with Crippen molar-refractivity contribution in [3.63, 3.8) is 0 Å². The Morgan fingerprint density at radius 3 is 2.16 bits per heavy atom. The second-order valence-electron chi connectivity index (χ2n) is 7.72. The van der Waals surface area contributed by atoms with Gasteiger partial charge in [0.2, 0.25) is 0 Å². The van der Waals surface area contributed by atoms with Crippen LogP contribution in [0.15, 0.2) is 73.3 Å². The quantitative estimate of drug-likeness (QED) is 0.795. The van der Waals surface area contributed by atoms with Crippen molar-refractivity contribution in [3.8, 4) is 0 Å². The molecular formula is C23H30NO+. The zero-order chi connectivity index (χ0) is 17.9. The van der Waals surface area contributed by atoms with Gasteiger partial charge < -0.3 is 10.4 Å². The second kappa shape index (κ2) is 7.55. The van der Waals surface area contributed by atoms with Crippen molar-refractivity contribution < 1.29 is 10.4 Å². The van der Waals surface area contributed by atoms with E-state index in [1.165, 1.54) is 11.1 Å². The van der Waals surface area contributed by atoms with Gasteiger partial charge in [-0.15, -0.1) is 6.58 Å². The highest BCUT2D eigenvalue weighted by molar-refractivity contribution is 5.23. The zero-order valence-electron chi connectivity index (χ0n) is 15.3. The second-order valence-corrected chi connectivity index (χ2v) is 7.72. The van der Waals surface area contributed by atoms with Crippen LogP contribution in [0.2, 0.25) is 0 Å². The average molecular weight is 336 g/mol. The highest BCUT2D eigenvalue weighted by atomic mass is 16.3. The molecule has 1 aliphatic heterocycles. The van der Waals surface area contributed by atoms with Crippen molar-refractivity contribution in [1.82, 2.24) is 0 Å². The number of aliphatic hydroxyl groups is 1. The number of rotatable bonds is 5. The van der Waals surface area contributed by atoms with Crippen LogP contribution in [0.1, 0.15) is 49.9 Å². The highest BCUT2D eigenvalue weighted by Crippen LogP contribution is 2.44. The maximum atomic E-state index is 11.7. The molecule has 0 spiro atoms. The maximum absolute atomic E-state index is 11.7. The van der Waals surface area contributed by atoms with E-state index in [2.05, 4.69) is 80.3 Å². The fourth-order valence-electron chi connectivity index (χ4n) is 4.72. The molecule has 0 bridgehead atoms. The van der Waals surface area contributed by atoms with E-state index in [0.29, 0.717) is 12.3 Å². The number of benzene rings is 2. The fraction of sp³-hybridized carbons (Fsp3) is 0.391. The van der Waals surface area contributed by atoms with Crippen LogP contribution in [0.25, 0.3) is 0 Å². The van der Waals surface area contributed by atoms with Gasteiger partial charge in [0.1, 0.15) is 12.1 Å². The van der Waals surface area contributed by atoms with Crippen molar-refractivity contribution >= 4 is 0 Å². The van der Waals surface area contributed by atoms with Gasteiger partial charge in [0.25, 0.3) is 0 Å². The van der Waals surface area contributed by atoms with E-state index in [0.717, 1.165) is 6.42 Å². The summed E-state index contributed by atoms with van der Waals surface area (Å²) in [5, 5.41) is 14.1. The summed E-state index contributed by atoms with van der Waals surface area (Å²) >= 11 is 0. The Morgan fingerprint density at radius 1 is 1.08 bits per heavy atom. The SMILES string of the molecule is C=CC[C@@]1(O)C[C@@H](c2ccccc2)[NH2+][C@@H](c2ccccc2)[C@@H]1C(C)C. The number of hydrogen-bond donors (Lipinski definition) is 2. The molecule has 1 heterocycles. The first-order valence-corrected chi connectivity index (χ1v) is 9.33. The minimum atomic E-state index is -0.730. The minimum absolute atomic E-state index is 0.188. The van der Waals surface area contributed by atoms with E-state index in [-0.39, 0.29) is 18.0 Å². The Balaban J connectivity index is 2.04. The van der Waals surface area contributed by atoms with Crippen molar-refractivity contribution in [1.29, 1.82) is 0 Å². The van der Waals surface area contributed by atoms with Crippen LogP contribution in [0.5, 0.6) is 0 Å². The molecule has 0 aliphatic carbocycles. The highest BCUT2D eigenvalue weighted by Gasteiger charge is 2.51. The van der Waals surface area contributed by atoms with E-state index < -0.39 is 5.60 Å². The van der Waals surface area contributed by atoms with E-state index in [1.807, 2.05) is 12.1 Å². The largest absolute Gasteiger partial charge is 0.389 e. The molecule has 0 aromatic heterocycles. The van der Waals surface area contributed by atoms with Gasteiger partial charge in [-0.1, -0.05) is 80.6 Å². The first kappa shape index (κ1) is 17.9. The molecule has 1 aliphatic rings. The molecule has 3 N–H and O–H groups in total. The van der Waals surface area contributed by atoms with Crippen molar-refractivity contribution in [2.45, 2.75) is 44.4 Å². The normalized spacial score (nSPS) is 29.5. The van der Waals surface area contributed by atoms with Crippen molar-refractivity contribution in [2.24, 2.45) is 11.8 Å². The van der Waals surface area contributed by atoms with Crippen LogP contribution in [0, 0.1) is 11.8 Å². The molecule has 0 saturated carbocycles. The van der Waals surface area contributed by atoms with E-state index in [4.69, 9.17) is 0 Å². The summed E-state index contributed by atoms with van der Waals surface area (Å²) in [6.07, 6.45) is 3.27. The lowest BCUT2D eigenvalue weighted by Gasteiger charge is -2.48. The lowest BCUT2D eigenvalue weighted by Crippen LogP contribution is -2.92. The van der Waals surface area contributed by atoms with Gasteiger partial charge in [0.05, 0.1) is 5.60 Å². The minimum Gasteiger partial charge on any atom is -0.389 e. The van der Waals surface area contributed by atoms with Gasteiger partial charge in [0, 0.05) is 23.5 Å². The monoisotopic (exact) mass is 336 g/mol. The van der Waals surface area contributed by atoms with Gasteiger partial charge in [-0.2, -0.15) is 0 Å². The molecule has 1 saturated heterocycles. The summed E-state index contributed by atoms with van der Waals surface area (Å²) in [6, 6.07) is 21.7. The first-order valence-electron chi connectivity index (χ1n) is 9.33. The predicted molar refractivity (Wildman–Crippen MR) is 103 cm³/mol. The molecule has 4 atom stereocenters. The molecule has 2 heteroatoms. The molecule has 0 unspecified atom stereocenters. The lowest BCUT2D eigenvalue weighted by atomic mass is 9.65. The number of quaternary nitrogens is 1. The smallest absolute Gasteiger partial charge is 0.118 e. The molecule has 2 aromatic carbocycles. The Hall–Kier alpha value is -1.90. The summed E-state index contributed by atoms with van der Waals surface area (Å²) in [6.45, 7) is 8.37. The lowest BCUT2D eigenvalue weighted by molar-refractivity contribution is -0.758. The third kappa shape index (κ3) is 3.70. The predicted octanol–water partition coefficient (Wildman–Crippen LogP) is 4.02. The van der Waals surface area contributed by atoms with Gasteiger partial charge in [-0.05, 0) is 12.3 Å². The van der Waals surface area contributed by atoms with Crippen LogP contribution in [-0.2, 0) is 0 Å². The van der Waals surface area contributed by atoms with Gasteiger partial charge >= 0.3 is 0 Å². The molecule has 0 radical (unpaired) electrons.